The summed E-state index contributed by atoms with van der Waals surface area (Å²) in [6.45, 7) is 15.4. The largest absolute Gasteiger partial charge is 0.444 e. The highest BCUT2D eigenvalue weighted by Gasteiger charge is 2.21. The van der Waals surface area contributed by atoms with Crippen LogP contribution in [0.4, 0.5) is 20.1 Å². The van der Waals surface area contributed by atoms with Crippen molar-refractivity contribution in [2.24, 2.45) is 4.99 Å². The number of nitrogens with one attached hydrogen (secondary N) is 4. The van der Waals surface area contributed by atoms with Crippen LogP contribution in [-0.2, 0) is 25.5 Å². The summed E-state index contributed by atoms with van der Waals surface area (Å²) in [4.78, 5) is 51.8. The lowest BCUT2D eigenvalue weighted by atomic mass is 10.2. The molecule has 1 aromatic carbocycles. The fourth-order valence-corrected chi connectivity index (χ4v) is 2.44. The van der Waals surface area contributed by atoms with Gasteiger partial charge in [-0.3, -0.25) is 10.1 Å². The number of hydrogen-bond acceptors (Lipinski definition) is 7. The van der Waals surface area contributed by atoms with Crippen LogP contribution in [0.25, 0.3) is 0 Å². The van der Waals surface area contributed by atoms with Gasteiger partial charge in [0.1, 0.15) is 23.3 Å². The molecule has 0 fully saturated rings. The summed E-state index contributed by atoms with van der Waals surface area (Å²) in [5, 5.41) is 10.3. The van der Waals surface area contributed by atoms with Gasteiger partial charge in [0.25, 0.3) is 0 Å². The molecule has 12 nitrogen and oxygen atoms in total. The molecule has 0 bridgehead atoms. The summed E-state index contributed by atoms with van der Waals surface area (Å²) >= 11 is 0. The highest BCUT2D eigenvalue weighted by atomic mass is 16.6. The van der Waals surface area contributed by atoms with Crippen molar-refractivity contribution in [1.82, 2.24) is 16.0 Å². The van der Waals surface area contributed by atoms with Gasteiger partial charge >= 0.3 is 18.3 Å². The molecule has 0 heterocycles. The molecular formula is C25H39N5O7. The molecule has 0 aliphatic carbocycles. The Bertz CT molecular complexity index is 985. The predicted octanol–water partition coefficient (Wildman–Crippen LogP) is 4.06. The van der Waals surface area contributed by atoms with Gasteiger partial charge < -0.3 is 30.2 Å². The van der Waals surface area contributed by atoms with Crippen molar-refractivity contribution in [3.63, 3.8) is 0 Å². The Hall–Kier alpha value is -3.83. The van der Waals surface area contributed by atoms with Crippen LogP contribution in [0.1, 0.15) is 67.9 Å². The number of nitrogens with zero attached hydrogens (tertiary/aromatic N) is 1. The molecule has 0 saturated carbocycles. The molecule has 0 aromatic heterocycles. The third-order valence-corrected chi connectivity index (χ3v) is 3.71. The maximum Gasteiger partial charge on any atom is 0.437 e. The molecule has 12 heteroatoms. The van der Waals surface area contributed by atoms with Gasteiger partial charge in [0.15, 0.2) is 0 Å². The predicted molar refractivity (Wildman–Crippen MR) is 139 cm³/mol. The van der Waals surface area contributed by atoms with Crippen LogP contribution in [0.5, 0.6) is 0 Å². The van der Waals surface area contributed by atoms with Gasteiger partial charge in [-0.15, -0.1) is 4.99 Å². The van der Waals surface area contributed by atoms with E-state index in [9.17, 15) is 19.2 Å². The first kappa shape index (κ1) is 31.2. The maximum atomic E-state index is 12.2. The molecule has 1 rings (SSSR count). The van der Waals surface area contributed by atoms with Crippen LogP contribution < -0.4 is 21.3 Å². The van der Waals surface area contributed by atoms with Gasteiger partial charge in [0.05, 0.1) is 0 Å². The number of ether oxygens (including phenoxy) is 3. The Kier molecular flexibility index (Phi) is 10.9. The topological polar surface area (TPSA) is 156 Å². The number of anilines is 1. The number of guanidine groups is 1. The lowest BCUT2D eigenvalue weighted by Gasteiger charge is -2.21. The van der Waals surface area contributed by atoms with E-state index in [1.807, 2.05) is 0 Å². The zero-order valence-corrected chi connectivity index (χ0v) is 23.0. The number of rotatable bonds is 5. The van der Waals surface area contributed by atoms with Crippen LogP contribution in [0.15, 0.2) is 29.3 Å². The number of amides is 4. The lowest BCUT2D eigenvalue weighted by molar-refractivity contribution is -0.120. The summed E-state index contributed by atoms with van der Waals surface area (Å²) in [6.07, 6.45) is -2.38. The quantitative estimate of drug-likeness (QED) is 0.257. The Morgan fingerprint density at radius 1 is 0.730 bits per heavy atom. The second kappa shape index (κ2) is 12.9. The number of alkyl carbamates (subject to hydrolysis) is 2. The second-order valence-electron chi connectivity index (χ2n) is 11.0. The Morgan fingerprint density at radius 2 is 1.24 bits per heavy atom. The van der Waals surface area contributed by atoms with Crippen LogP contribution in [0, 0.1) is 0 Å². The molecule has 0 unspecified atom stereocenters. The van der Waals surface area contributed by atoms with E-state index in [-0.39, 0.29) is 25.0 Å². The average molecular weight is 522 g/mol. The molecule has 1 aromatic rings. The molecule has 0 radical (unpaired) electrons. The average Bonchev–Trinajstić information content (AvgIpc) is 2.67. The van der Waals surface area contributed by atoms with Crippen molar-refractivity contribution in [2.75, 3.05) is 11.9 Å². The lowest BCUT2D eigenvalue weighted by Crippen LogP contribution is -2.40. The number of benzene rings is 1. The van der Waals surface area contributed by atoms with Gasteiger partial charge in [0.2, 0.25) is 11.9 Å². The molecule has 0 saturated heterocycles. The van der Waals surface area contributed by atoms with Crippen molar-refractivity contribution in [2.45, 2.75) is 85.7 Å². The number of carbonyl (C=O) groups is 4. The molecule has 0 aliphatic rings. The summed E-state index contributed by atoms with van der Waals surface area (Å²) in [5.41, 5.74) is -0.917. The van der Waals surface area contributed by atoms with Crippen LogP contribution in [0.2, 0.25) is 0 Å². The molecule has 0 atom stereocenters. The first-order chi connectivity index (χ1) is 16.8. The van der Waals surface area contributed by atoms with E-state index >= 15 is 0 Å². The van der Waals surface area contributed by atoms with Crippen molar-refractivity contribution in [3.05, 3.63) is 29.8 Å². The summed E-state index contributed by atoms with van der Waals surface area (Å²) in [7, 11) is 0. The fourth-order valence-electron chi connectivity index (χ4n) is 2.44. The number of carbonyl (C=O) groups excluding carboxylic acids is 4. The highest BCUT2D eigenvalue weighted by molar-refractivity contribution is 6.06. The first-order valence-corrected chi connectivity index (χ1v) is 11.7. The summed E-state index contributed by atoms with van der Waals surface area (Å²) in [6, 6.07) is 6.79. The first-order valence-electron chi connectivity index (χ1n) is 11.7. The summed E-state index contributed by atoms with van der Waals surface area (Å²) < 4.78 is 15.5. The summed E-state index contributed by atoms with van der Waals surface area (Å²) in [5.74, 6) is -0.570. The van der Waals surface area contributed by atoms with E-state index in [1.54, 1.807) is 86.6 Å². The molecular weight excluding hydrogens is 482 g/mol. The molecule has 0 aliphatic heterocycles. The van der Waals surface area contributed by atoms with Crippen molar-refractivity contribution in [1.29, 1.82) is 0 Å². The van der Waals surface area contributed by atoms with Gasteiger partial charge in [0, 0.05) is 12.2 Å². The Balaban J connectivity index is 2.76. The maximum absolute atomic E-state index is 12.2. The van der Waals surface area contributed by atoms with E-state index in [0.717, 1.165) is 5.56 Å². The highest BCUT2D eigenvalue weighted by Crippen LogP contribution is 2.12. The van der Waals surface area contributed by atoms with E-state index in [1.165, 1.54) is 0 Å². The molecule has 4 amide bonds. The molecule has 0 spiro atoms. The third-order valence-electron chi connectivity index (χ3n) is 3.71. The minimum atomic E-state index is -0.898. The number of hydrogen-bond donors (Lipinski definition) is 4. The van der Waals surface area contributed by atoms with Crippen molar-refractivity contribution in [3.8, 4) is 0 Å². The van der Waals surface area contributed by atoms with E-state index in [0.29, 0.717) is 5.69 Å². The van der Waals surface area contributed by atoms with Crippen LogP contribution >= 0.6 is 0 Å². The van der Waals surface area contributed by atoms with Gasteiger partial charge in [-0.05, 0) is 80.0 Å². The fraction of sp³-hybridized carbons (Fsp3) is 0.560. The third kappa shape index (κ3) is 15.7. The van der Waals surface area contributed by atoms with E-state index in [4.69, 9.17) is 14.2 Å². The molecule has 206 valence electrons. The van der Waals surface area contributed by atoms with E-state index < -0.39 is 35.1 Å². The van der Waals surface area contributed by atoms with Crippen molar-refractivity contribution >= 4 is 35.8 Å². The zero-order chi connectivity index (χ0) is 28.4. The normalized spacial score (nSPS) is 12.2. The zero-order valence-electron chi connectivity index (χ0n) is 23.0. The van der Waals surface area contributed by atoms with Crippen LogP contribution in [-0.4, -0.2) is 53.5 Å². The molecule has 4 N–H and O–H groups in total. The Labute approximate surface area is 217 Å². The SMILES string of the molecule is CC(C)(C)OC(=O)/N=C(/NC(=O)OC(C)(C)C)Nc1ccc(CNC(=O)CNC(=O)OC(C)(C)C)cc1. The minimum Gasteiger partial charge on any atom is -0.444 e. The van der Waals surface area contributed by atoms with Crippen LogP contribution in [0.3, 0.4) is 0 Å². The second-order valence-corrected chi connectivity index (χ2v) is 11.0. The number of aliphatic imine (C=N–C) groups is 1. The van der Waals surface area contributed by atoms with Gasteiger partial charge in [-0.25, -0.2) is 14.4 Å². The van der Waals surface area contributed by atoms with E-state index in [2.05, 4.69) is 26.3 Å². The smallest absolute Gasteiger partial charge is 0.437 e. The monoisotopic (exact) mass is 521 g/mol. The Morgan fingerprint density at radius 3 is 1.76 bits per heavy atom. The minimum absolute atomic E-state index is 0.183. The molecule has 37 heavy (non-hydrogen) atoms. The van der Waals surface area contributed by atoms with Crippen molar-refractivity contribution < 1.29 is 33.4 Å². The van der Waals surface area contributed by atoms with Gasteiger partial charge in [-0.1, -0.05) is 12.1 Å². The van der Waals surface area contributed by atoms with Gasteiger partial charge in [-0.2, -0.15) is 0 Å². The standard InChI is InChI=1S/C25H39N5O7/c1-23(2,3)35-20(32)27-15-18(31)26-14-16-10-12-17(13-11-16)28-19(29-21(33)36-24(4,5)6)30-22(34)37-25(7,8)9/h10-13H,14-15H2,1-9H3,(H,26,31)(H,27,32)(H2,28,29,30,33,34).